The van der Waals surface area contributed by atoms with Gasteiger partial charge in [-0.1, -0.05) is 6.07 Å². The minimum atomic E-state index is -4.56. The summed E-state index contributed by atoms with van der Waals surface area (Å²) in [5, 5.41) is 6.39. The molecule has 0 saturated heterocycles. The third-order valence-electron chi connectivity index (χ3n) is 5.81. The highest BCUT2D eigenvalue weighted by atomic mass is 19.4. The van der Waals surface area contributed by atoms with Crippen molar-refractivity contribution in [3.05, 3.63) is 112 Å². The van der Waals surface area contributed by atoms with Crippen LogP contribution < -0.4 is 16.7 Å². The molecule has 0 aliphatic carbocycles. The largest absolute Gasteiger partial charge is 0.433 e. The van der Waals surface area contributed by atoms with Crippen molar-refractivity contribution in [3.8, 4) is 11.1 Å². The summed E-state index contributed by atoms with van der Waals surface area (Å²) >= 11 is 0. The lowest BCUT2D eigenvalue weighted by molar-refractivity contribution is -0.141. The molecule has 6 nitrogen and oxygen atoms in total. The Labute approximate surface area is 199 Å². The number of hydrogen-bond acceptors (Lipinski definition) is 4. The van der Waals surface area contributed by atoms with Gasteiger partial charge in [0.15, 0.2) is 0 Å². The number of nitrogens with two attached hydrogens (primary N) is 2. The lowest BCUT2D eigenvalue weighted by Gasteiger charge is -2.17. The van der Waals surface area contributed by atoms with Crippen LogP contribution in [0, 0.1) is 6.92 Å². The van der Waals surface area contributed by atoms with E-state index in [1.165, 1.54) is 16.7 Å². The Kier molecular flexibility index (Phi) is 6.26. The van der Waals surface area contributed by atoms with E-state index in [0.717, 1.165) is 29.1 Å². The smallest absolute Gasteiger partial charge is 0.398 e. The van der Waals surface area contributed by atoms with Crippen LogP contribution in [-0.4, -0.2) is 20.2 Å². The second kappa shape index (κ2) is 9.17. The second-order valence-corrected chi connectivity index (χ2v) is 8.21. The first-order valence-electron chi connectivity index (χ1n) is 10.8. The number of alkyl halides is 3. The third-order valence-corrected chi connectivity index (χ3v) is 5.81. The van der Waals surface area contributed by atoms with Crippen molar-refractivity contribution in [1.29, 1.82) is 0 Å². The van der Waals surface area contributed by atoms with Gasteiger partial charge in [0.05, 0.1) is 11.6 Å². The van der Waals surface area contributed by atoms with E-state index in [0.29, 0.717) is 28.1 Å². The summed E-state index contributed by atoms with van der Waals surface area (Å²) in [5.74, 6) is 0. The van der Waals surface area contributed by atoms with Crippen LogP contribution in [0.25, 0.3) is 11.1 Å². The van der Waals surface area contributed by atoms with Gasteiger partial charge in [-0.05, 0) is 73.0 Å². The van der Waals surface area contributed by atoms with Crippen molar-refractivity contribution in [1.82, 2.24) is 14.5 Å². The highest BCUT2D eigenvalue weighted by molar-refractivity contribution is 6.12. The number of hydrogen-bond donors (Lipinski definition) is 2. The molecule has 0 spiro atoms. The van der Waals surface area contributed by atoms with Gasteiger partial charge < -0.3 is 10.3 Å². The average Bonchev–Trinajstić information content (AvgIpc) is 2.83. The number of halogens is 3. The molecule has 4 N–H and O–H groups in total. The van der Waals surface area contributed by atoms with E-state index in [2.05, 4.69) is 9.97 Å². The standard InChI is InChI=1S/C26H22F3N5O/c1-15-11-20(6-8-32-15)25(31)21-12-18(3-4-22(21)30)19-7-10-34(24(35)14-19)16(2)17-5-9-33-23(13-17)26(27,28)29/h3-14,16,31H,30H2,1-2H3/p+1. The maximum Gasteiger partial charge on any atom is 0.433 e. The predicted molar refractivity (Wildman–Crippen MR) is 128 cm³/mol. The Morgan fingerprint density at radius 2 is 1.71 bits per heavy atom. The third kappa shape index (κ3) is 4.98. The minimum Gasteiger partial charge on any atom is -0.398 e. The zero-order valence-corrected chi connectivity index (χ0v) is 19.0. The molecule has 0 aliphatic rings. The van der Waals surface area contributed by atoms with Crippen LogP contribution in [0.1, 0.15) is 41.0 Å². The highest BCUT2D eigenvalue weighted by Crippen LogP contribution is 2.30. The summed E-state index contributed by atoms with van der Waals surface area (Å²) in [5.41, 5.74) is 9.68. The van der Waals surface area contributed by atoms with Gasteiger partial charge in [0.1, 0.15) is 5.69 Å². The van der Waals surface area contributed by atoms with E-state index in [4.69, 9.17) is 11.1 Å². The van der Waals surface area contributed by atoms with Crippen LogP contribution in [0.2, 0.25) is 0 Å². The molecular formula is C26H23F3N5O+. The molecule has 4 aromatic rings. The molecule has 0 bridgehead atoms. The molecule has 0 fully saturated rings. The monoisotopic (exact) mass is 478 g/mol. The van der Waals surface area contributed by atoms with Crippen molar-refractivity contribution in [3.63, 3.8) is 0 Å². The molecule has 1 atom stereocenters. The fourth-order valence-electron chi connectivity index (χ4n) is 3.85. The van der Waals surface area contributed by atoms with E-state index >= 15 is 0 Å². The number of rotatable bonds is 5. The summed E-state index contributed by atoms with van der Waals surface area (Å²) in [4.78, 5) is 20.5. The van der Waals surface area contributed by atoms with E-state index in [9.17, 15) is 18.0 Å². The van der Waals surface area contributed by atoms with Gasteiger partial charge in [0.2, 0.25) is 5.71 Å². The molecule has 0 aliphatic heterocycles. The van der Waals surface area contributed by atoms with Crippen LogP contribution in [0.5, 0.6) is 0 Å². The van der Waals surface area contributed by atoms with Gasteiger partial charge in [-0.3, -0.25) is 20.2 Å². The number of aromatic nitrogens is 3. The molecule has 3 heterocycles. The van der Waals surface area contributed by atoms with Crippen LogP contribution >= 0.6 is 0 Å². The van der Waals surface area contributed by atoms with Gasteiger partial charge in [-0.15, -0.1) is 0 Å². The lowest BCUT2D eigenvalue weighted by atomic mass is 9.96. The first-order valence-corrected chi connectivity index (χ1v) is 10.8. The molecule has 1 aromatic carbocycles. The molecule has 178 valence electrons. The van der Waals surface area contributed by atoms with Gasteiger partial charge in [0.25, 0.3) is 5.56 Å². The maximum absolute atomic E-state index is 13.0. The molecular weight excluding hydrogens is 455 g/mol. The maximum atomic E-state index is 13.0. The highest BCUT2D eigenvalue weighted by Gasteiger charge is 2.32. The molecule has 4 rings (SSSR count). The summed E-state index contributed by atoms with van der Waals surface area (Å²) in [6.45, 7) is 3.52. The van der Waals surface area contributed by atoms with Crippen molar-refractivity contribution < 1.29 is 18.6 Å². The predicted octanol–water partition coefficient (Wildman–Crippen LogP) is 3.42. The van der Waals surface area contributed by atoms with Crippen LogP contribution in [-0.2, 0) is 6.18 Å². The van der Waals surface area contributed by atoms with Crippen molar-refractivity contribution >= 4 is 11.4 Å². The topological polar surface area (TPSA) is 99.4 Å². The van der Waals surface area contributed by atoms with Crippen LogP contribution in [0.15, 0.2) is 78.0 Å². The summed E-state index contributed by atoms with van der Waals surface area (Å²) in [6.07, 6.45) is -0.245. The van der Waals surface area contributed by atoms with Crippen LogP contribution in [0.3, 0.4) is 0 Å². The quantitative estimate of drug-likeness (QED) is 0.339. The summed E-state index contributed by atoms with van der Waals surface area (Å²) in [6, 6.07) is 13.9. The first kappa shape index (κ1) is 23.9. The molecule has 0 radical (unpaired) electrons. The Morgan fingerprint density at radius 3 is 2.40 bits per heavy atom. The Balaban J connectivity index is 1.67. The molecule has 3 aromatic heterocycles. The summed E-state index contributed by atoms with van der Waals surface area (Å²) in [7, 11) is 0. The second-order valence-electron chi connectivity index (χ2n) is 8.21. The molecule has 1 unspecified atom stereocenters. The molecule has 0 amide bonds. The number of anilines is 1. The first-order chi connectivity index (χ1) is 16.5. The SMILES string of the molecule is Cc1cc(C(=[NH2+])c2cc(-c3ccn(C(C)c4ccnc(C(F)(F)F)c4)c(=O)c3)ccc2N)ccn1. The Bertz CT molecular complexity index is 1480. The van der Waals surface area contributed by atoms with Gasteiger partial charge in [-0.25, -0.2) is 0 Å². The van der Waals surface area contributed by atoms with Gasteiger partial charge >= 0.3 is 6.18 Å². The van der Waals surface area contributed by atoms with Crippen molar-refractivity contribution in [2.24, 2.45) is 0 Å². The number of benzene rings is 1. The van der Waals surface area contributed by atoms with Crippen molar-refractivity contribution in [2.45, 2.75) is 26.1 Å². The normalized spacial score (nSPS) is 12.4. The number of pyridine rings is 3. The zero-order chi connectivity index (χ0) is 25.3. The van der Waals surface area contributed by atoms with Gasteiger partial charge in [-0.2, -0.15) is 13.2 Å². The Hall–Kier alpha value is -4.27. The number of nitrogen functional groups attached to an aromatic ring is 1. The van der Waals surface area contributed by atoms with E-state index < -0.39 is 17.9 Å². The fourth-order valence-corrected chi connectivity index (χ4v) is 3.85. The zero-order valence-electron chi connectivity index (χ0n) is 19.0. The molecule has 35 heavy (non-hydrogen) atoms. The fraction of sp³-hybridized carbons (Fsp3) is 0.154. The van der Waals surface area contributed by atoms with E-state index in [1.807, 2.05) is 13.0 Å². The molecule has 9 heteroatoms. The van der Waals surface area contributed by atoms with E-state index in [1.54, 1.807) is 49.6 Å². The van der Waals surface area contributed by atoms with Gasteiger partial charge in [0, 0.05) is 41.6 Å². The van der Waals surface area contributed by atoms with Crippen molar-refractivity contribution in [2.75, 3.05) is 5.73 Å². The van der Waals surface area contributed by atoms with Crippen LogP contribution in [0.4, 0.5) is 18.9 Å². The van der Waals surface area contributed by atoms with E-state index in [-0.39, 0.29) is 5.56 Å². The average molecular weight is 478 g/mol. The number of nitrogens with zero attached hydrogens (tertiary/aromatic N) is 3. The lowest BCUT2D eigenvalue weighted by Crippen LogP contribution is -2.41. The molecule has 0 saturated carbocycles. The number of aryl methyl sites for hydroxylation is 1. The Morgan fingerprint density at radius 1 is 1.00 bits per heavy atom. The minimum absolute atomic E-state index is 0.326. The summed E-state index contributed by atoms with van der Waals surface area (Å²) < 4.78 is 40.5.